The lowest BCUT2D eigenvalue weighted by Gasteiger charge is -2.31. The van der Waals surface area contributed by atoms with Gasteiger partial charge < -0.3 is 10.2 Å². The molecule has 0 atom stereocenters. The lowest BCUT2D eigenvalue weighted by atomic mass is 9.95. The first-order valence-corrected chi connectivity index (χ1v) is 10.6. The van der Waals surface area contributed by atoms with E-state index in [2.05, 4.69) is 27.7 Å². The first-order chi connectivity index (χ1) is 11.8. The fourth-order valence-corrected chi connectivity index (χ4v) is 4.71. The van der Waals surface area contributed by atoms with Crippen LogP contribution in [0.25, 0.3) is 0 Å². The van der Waals surface area contributed by atoms with Crippen LogP contribution in [-0.2, 0) is 0 Å². The molecule has 1 aliphatic heterocycles. The molecule has 24 heavy (non-hydrogen) atoms. The van der Waals surface area contributed by atoms with Crippen LogP contribution in [0.2, 0.25) is 0 Å². The second-order valence-electron chi connectivity index (χ2n) is 6.09. The van der Waals surface area contributed by atoms with Crippen molar-refractivity contribution in [2.75, 3.05) is 32.4 Å². The van der Waals surface area contributed by atoms with Gasteiger partial charge in [0.1, 0.15) is 0 Å². The van der Waals surface area contributed by atoms with Crippen LogP contribution in [0.5, 0.6) is 0 Å². The van der Waals surface area contributed by atoms with Crippen LogP contribution in [0, 0.1) is 0 Å². The highest BCUT2D eigenvalue weighted by atomic mass is 32.2. The molecule has 2 heterocycles. The average molecular weight is 361 g/mol. The summed E-state index contributed by atoms with van der Waals surface area (Å²) in [6.07, 6.45) is 4.46. The molecule has 0 unspecified atom stereocenters. The molecule has 1 aromatic carbocycles. The van der Waals surface area contributed by atoms with Crippen molar-refractivity contribution in [3.8, 4) is 0 Å². The van der Waals surface area contributed by atoms with Gasteiger partial charge in [0.2, 0.25) is 0 Å². The summed E-state index contributed by atoms with van der Waals surface area (Å²) in [5.74, 6) is 0.762. The molecule has 3 nitrogen and oxygen atoms in total. The summed E-state index contributed by atoms with van der Waals surface area (Å²) in [7, 11) is 0. The average Bonchev–Trinajstić information content (AvgIpc) is 3.17. The van der Waals surface area contributed by atoms with Crippen molar-refractivity contribution in [1.82, 2.24) is 10.2 Å². The van der Waals surface area contributed by atoms with Gasteiger partial charge in [0, 0.05) is 22.9 Å². The van der Waals surface area contributed by atoms with Crippen molar-refractivity contribution in [1.29, 1.82) is 0 Å². The molecule has 1 aliphatic rings. The van der Waals surface area contributed by atoms with Gasteiger partial charge in [-0.25, -0.2) is 0 Å². The number of benzene rings is 1. The van der Waals surface area contributed by atoms with E-state index in [0.717, 1.165) is 36.0 Å². The lowest BCUT2D eigenvalue weighted by molar-refractivity contribution is 0.0943. The Balaban J connectivity index is 1.42. The molecule has 0 saturated carbocycles. The van der Waals surface area contributed by atoms with Crippen LogP contribution in [0.1, 0.15) is 34.0 Å². The third kappa shape index (κ3) is 4.41. The predicted octanol–water partition coefficient (Wildman–Crippen LogP) is 4.08. The van der Waals surface area contributed by atoms with Crippen molar-refractivity contribution in [2.24, 2.45) is 0 Å². The van der Waals surface area contributed by atoms with Crippen LogP contribution >= 0.6 is 23.1 Å². The number of piperidine rings is 1. The fraction of sp³-hybridized carbons (Fsp3) is 0.421. The third-order valence-electron chi connectivity index (χ3n) is 4.60. The minimum absolute atomic E-state index is 0.0356. The molecule has 128 valence electrons. The molecule has 0 radical (unpaired) electrons. The Morgan fingerprint density at radius 3 is 2.75 bits per heavy atom. The standard InChI is InChI=1S/C19H24N2OS2/c1-23-18-6-3-2-5-16(18)19(22)20-10-13-21-11-8-15(9-12-21)17-7-4-14-24-17/h2-7,14-15H,8-13H2,1H3,(H,20,22). The van der Waals surface area contributed by atoms with E-state index in [1.807, 2.05) is 41.9 Å². The lowest BCUT2D eigenvalue weighted by Crippen LogP contribution is -2.39. The van der Waals surface area contributed by atoms with Gasteiger partial charge in [0.05, 0.1) is 5.56 Å². The first kappa shape index (κ1) is 17.5. The molecule has 0 aliphatic carbocycles. The highest BCUT2D eigenvalue weighted by Gasteiger charge is 2.21. The zero-order valence-corrected chi connectivity index (χ0v) is 15.7. The summed E-state index contributed by atoms with van der Waals surface area (Å²) < 4.78 is 0. The molecule has 0 bridgehead atoms. The topological polar surface area (TPSA) is 32.3 Å². The molecule has 3 rings (SSSR count). The molecule has 1 N–H and O–H groups in total. The van der Waals surface area contributed by atoms with Gasteiger partial charge in [-0.2, -0.15) is 0 Å². The highest BCUT2D eigenvalue weighted by molar-refractivity contribution is 7.98. The first-order valence-electron chi connectivity index (χ1n) is 8.45. The molecule has 5 heteroatoms. The fourth-order valence-electron chi connectivity index (χ4n) is 3.22. The summed E-state index contributed by atoms with van der Waals surface area (Å²) in [6, 6.07) is 12.2. The molecular weight excluding hydrogens is 336 g/mol. The summed E-state index contributed by atoms with van der Waals surface area (Å²) >= 11 is 3.49. The van der Waals surface area contributed by atoms with E-state index in [0.29, 0.717) is 6.54 Å². The zero-order valence-electron chi connectivity index (χ0n) is 14.0. The zero-order chi connectivity index (χ0) is 16.8. The van der Waals surface area contributed by atoms with Gasteiger partial charge in [-0.15, -0.1) is 23.1 Å². The summed E-state index contributed by atoms with van der Waals surface area (Å²) in [4.78, 5) is 17.4. The number of thioether (sulfide) groups is 1. The Hall–Kier alpha value is -1.30. The Kier molecular flexibility index (Phi) is 6.35. The molecule has 2 aromatic rings. The number of carbonyl (C=O) groups is 1. The number of hydrogen-bond donors (Lipinski definition) is 1. The molecule has 1 saturated heterocycles. The molecule has 1 fully saturated rings. The number of likely N-dealkylation sites (tertiary alicyclic amines) is 1. The van der Waals surface area contributed by atoms with E-state index in [9.17, 15) is 4.79 Å². The summed E-state index contributed by atoms with van der Waals surface area (Å²) in [5, 5.41) is 5.24. The minimum Gasteiger partial charge on any atom is -0.351 e. The smallest absolute Gasteiger partial charge is 0.252 e. The van der Waals surface area contributed by atoms with Crippen LogP contribution in [0.4, 0.5) is 0 Å². The molecule has 0 spiro atoms. The monoisotopic (exact) mass is 360 g/mol. The number of nitrogens with one attached hydrogen (secondary N) is 1. The second-order valence-corrected chi connectivity index (χ2v) is 7.91. The molecule has 1 amide bonds. The third-order valence-corrected chi connectivity index (χ3v) is 6.43. The number of amides is 1. The van der Waals surface area contributed by atoms with E-state index in [4.69, 9.17) is 0 Å². The quantitative estimate of drug-likeness (QED) is 0.788. The Morgan fingerprint density at radius 2 is 2.04 bits per heavy atom. The Bertz CT molecular complexity index is 649. The van der Waals surface area contributed by atoms with E-state index < -0.39 is 0 Å². The van der Waals surface area contributed by atoms with Crippen LogP contribution < -0.4 is 5.32 Å². The van der Waals surface area contributed by atoms with Crippen LogP contribution in [0.15, 0.2) is 46.7 Å². The van der Waals surface area contributed by atoms with E-state index >= 15 is 0 Å². The number of nitrogens with zero attached hydrogens (tertiary/aromatic N) is 1. The summed E-state index contributed by atoms with van der Waals surface area (Å²) in [5.41, 5.74) is 0.779. The number of hydrogen-bond acceptors (Lipinski definition) is 4. The van der Waals surface area contributed by atoms with Gasteiger partial charge >= 0.3 is 0 Å². The van der Waals surface area contributed by atoms with Gasteiger partial charge in [0.25, 0.3) is 5.91 Å². The number of thiophene rings is 1. The summed E-state index contributed by atoms with van der Waals surface area (Å²) in [6.45, 7) is 3.90. The van der Waals surface area contributed by atoms with E-state index in [-0.39, 0.29) is 5.91 Å². The van der Waals surface area contributed by atoms with Crippen molar-refractivity contribution >= 4 is 29.0 Å². The Morgan fingerprint density at radius 1 is 1.25 bits per heavy atom. The van der Waals surface area contributed by atoms with Crippen LogP contribution in [0.3, 0.4) is 0 Å². The highest BCUT2D eigenvalue weighted by Crippen LogP contribution is 2.30. The maximum atomic E-state index is 12.3. The van der Waals surface area contributed by atoms with Gasteiger partial charge in [-0.1, -0.05) is 18.2 Å². The number of carbonyl (C=O) groups excluding carboxylic acids is 1. The molecular formula is C19H24N2OS2. The van der Waals surface area contributed by atoms with Crippen molar-refractivity contribution < 1.29 is 4.79 Å². The van der Waals surface area contributed by atoms with Crippen molar-refractivity contribution in [3.63, 3.8) is 0 Å². The van der Waals surface area contributed by atoms with Gasteiger partial charge in [0.15, 0.2) is 0 Å². The van der Waals surface area contributed by atoms with Crippen molar-refractivity contribution in [2.45, 2.75) is 23.7 Å². The van der Waals surface area contributed by atoms with E-state index in [1.54, 1.807) is 11.8 Å². The van der Waals surface area contributed by atoms with Crippen molar-refractivity contribution in [3.05, 3.63) is 52.2 Å². The predicted molar refractivity (Wildman–Crippen MR) is 103 cm³/mol. The maximum Gasteiger partial charge on any atom is 0.252 e. The Labute approximate surface area is 152 Å². The van der Waals surface area contributed by atoms with Gasteiger partial charge in [-0.3, -0.25) is 4.79 Å². The largest absolute Gasteiger partial charge is 0.351 e. The van der Waals surface area contributed by atoms with Gasteiger partial charge in [-0.05, 0) is 61.7 Å². The maximum absolute atomic E-state index is 12.3. The SMILES string of the molecule is CSc1ccccc1C(=O)NCCN1CCC(c2cccs2)CC1. The minimum atomic E-state index is 0.0356. The van der Waals surface area contributed by atoms with E-state index in [1.165, 1.54) is 17.7 Å². The van der Waals surface area contributed by atoms with Crippen LogP contribution in [-0.4, -0.2) is 43.2 Å². The molecule has 1 aromatic heterocycles. The number of rotatable bonds is 6. The second kappa shape index (κ2) is 8.70. The normalized spacial score (nSPS) is 16.2.